The Balaban J connectivity index is 1.27. The van der Waals surface area contributed by atoms with E-state index in [0.717, 1.165) is 0 Å². The molecular weight excluding hydrogens is 382 g/mol. The zero-order valence-electron chi connectivity index (χ0n) is 16.2. The summed E-state index contributed by atoms with van der Waals surface area (Å²) in [7, 11) is 1.57. The lowest BCUT2D eigenvalue weighted by Gasteiger charge is -2.29. The topological polar surface area (TPSA) is 108 Å². The largest absolute Gasteiger partial charge is 0.497 e. The highest BCUT2D eigenvalue weighted by Crippen LogP contribution is 2.29. The predicted molar refractivity (Wildman–Crippen MR) is 101 cm³/mol. The number of benzene rings is 1. The summed E-state index contributed by atoms with van der Waals surface area (Å²) >= 11 is 0. The van der Waals surface area contributed by atoms with Gasteiger partial charge in [0.1, 0.15) is 18.0 Å². The van der Waals surface area contributed by atoms with Gasteiger partial charge in [0.25, 0.3) is 0 Å². The van der Waals surface area contributed by atoms with Gasteiger partial charge in [0.05, 0.1) is 39.6 Å². The fraction of sp³-hybridized carbons (Fsp3) is 0.579. The quantitative estimate of drug-likeness (QED) is 0.761. The number of nitrogens with one attached hydrogen (secondary N) is 2. The second-order valence-electron chi connectivity index (χ2n) is 7.05. The van der Waals surface area contributed by atoms with Crippen LogP contribution in [0.1, 0.15) is 0 Å². The highest BCUT2D eigenvalue weighted by Gasteiger charge is 2.50. The molecule has 3 saturated heterocycles. The number of hydrogen-bond donors (Lipinski definition) is 2. The molecule has 3 aliphatic heterocycles. The van der Waals surface area contributed by atoms with Crippen molar-refractivity contribution in [1.29, 1.82) is 0 Å². The van der Waals surface area contributed by atoms with Crippen LogP contribution in [0.5, 0.6) is 5.75 Å². The van der Waals surface area contributed by atoms with Crippen molar-refractivity contribution < 1.29 is 33.3 Å². The molecule has 0 spiro atoms. The first-order chi connectivity index (χ1) is 14.1. The molecule has 4 atom stereocenters. The van der Waals surface area contributed by atoms with Crippen molar-refractivity contribution in [2.45, 2.75) is 24.4 Å². The van der Waals surface area contributed by atoms with Gasteiger partial charge in [-0.15, -0.1) is 0 Å². The minimum absolute atomic E-state index is 0.159. The minimum Gasteiger partial charge on any atom is -0.497 e. The van der Waals surface area contributed by atoms with Gasteiger partial charge in [-0.05, 0) is 24.3 Å². The first-order valence-electron chi connectivity index (χ1n) is 9.62. The molecule has 10 nitrogen and oxygen atoms in total. The third-order valence-electron chi connectivity index (χ3n) is 5.21. The molecule has 2 N–H and O–H groups in total. The molecule has 0 unspecified atom stereocenters. The van der Waals surface area contributed by atoms with Gasteiger partial charge >= 0.3 is 12.1 Å². The van der Waals surface area contributed by atoms with Crippen LogP contribution in [-0.2, 0) is 18.9 Å². The van der Waals surface area contributed by atoms with Crippen LogP contribution in [0.25, 0.3) is 0 Å². The third-order valence-corrected chi connectivity index (χ3v) is 5.21. The molecule has 0 radical (unpaired) electrons. The van der Waals surface area contributed by atoms with Crippen LogP contribution in [0.15, 0.2) is 24.3 Å². The molecule has 3 heterocycles. The Morgan fingerprint density at radius 2 is 1.79 bits per heavy atom. The van der Waals surface area contributed by atoms with Gasteiger partial charge in [0, 0.05) is 18.8 Å². The number of morpholine rings is 1. The number of carbonyl (C=O) groups excluding carboxylic acids is 2. The highest BCUT2D eigenvalue weighted by atomic mass is 16.6. The van der Waals surface area contributed by atoms with Gasteiger partial charge < -0.3 is 33.9 Å². The molecular formula is C19H25N3O7. The van der Waals surface area contributed by atoms with E-state index >= 15 is 0 Å². The normalized spacial score (nSPS) is 28.5. The fourth-order valence-electron chi connectivity index (χ4n) is 3.66. The van der Waals surface area contributed by atoms with Crippen LogP contribution in [0.2, 0.25) is 0 Å². The zero-order chi connectivity index (χ0) is 20.2. The molecule has 1 aromatic carbocycles. The lowest BCUT2D eigenvalue weighted by atomic mass is 10.1. The zero-order valence-corrected chi connectivity index (χ0v) is 16.2. The maximum Gasteiger partial charge on any atom is 0.412 e. The van der Waals surface area contributed by atoms with E-state index in [0.29, 0.717) is 44.3 Å². The van der Waals surface area contributed by atoms with E-state index in [1.807, 2.05) is 0 Å². The number of rotatable bonds is 4. The second-order valence-corrected chi connectivity index (χ2v) is 7.05. The number of amides is 3. The van der Waals surface area contributed by atoms with Crippen LogP contribution in [0.4, 0.5) is 15.3 Å². The summed E-state index contributed by atoms with van der Waals surface area (Å²) in [5.74, 6) is 0.695. The molecule has 3 aliphatic rings. The lowest BCUT2D eigenvalue weighted by Crippen LogP contribution is -2.52. The molecule has 0 aromatic heterocycles. The third kappa shape index (κ3) is 4.55. The van der Waals surface area contributed by atoms with E-state index in [1.54, 1.807) is 36.3 Å². The van der Waals surface area contributed by atoms with E-state index < -0.39 is 18.3 Å². The summed E-state index contributed by atoms with van der Waals surface area (Å²) in [6.07, 6.45) is -1.89. The summed E-state index contributed by atoms with van der Waals surface area (Å²) in [4.78, 5) is 26.3. The molecule has 3 amide bonds. The van der Waals surface area contributed by atoms with Crippen molar-refractivity contribution in [3.63, 3.8) is 0 Å². The van der Waals surface area contributed by atoms with Gasteiger partial charge in [0.15, 0.2) is 6.10 Å². The van der Waals surface area contributed by atoms with Crippen LogP contribution in [0, 0.1) is 0 Å². The smallest absolute Gasteiger partial charge is 0.412 e. The van der Waals surface area contributed by atoms with E-state index in [1.165, 1.54) is 0 Å². The molecule has 0 bridgehead atoms. The Morgan fingerprint density at radius 1 is 1.07 bits per heavy atom. The van der Waals surface area contributed by atoms with Gasteiger partial charge in [-0.1, -0.05) is 0 Å². The number of urea groups is 1. The highest BCUT2D eigenvalue weighted by molar-refractivity contribution is 5.84. The molecule has 10 heteroatoms. The average molecular weight is 407 g/mol. The van der Waals surface area contributed by atoms with Crippen molar-refractivity contribution in [2.75, 3.05) is 51.9 Å². The Kier molecular flexibility index (Phi) is 6.02. The summed E-state index contributed by atoms with van der Waals surface area (Å²) < 4.78 is 27.4. The number of nitrogens with zero attached hydrogens (tertiary/aromatic N) is 1. The predicted octanol–water partition coefficient (Wildman–Crippen LogP) is 0.820. The van der Waals surface area contributed by atoms with Gasteiger partial charge in [-0.3, -0.25) is 5.32 Å². The monoisotopic (exact) mass is 407 g/mol. The van der Waals surface area contributed by atoms with Crippen molar-refractivity contribution in [3.8, 4) is 5.75 Å². The summed E-state index contributed by atoms with van der Waals surface area (Å²) in [5.41, 5.74) is 0.592. The van der Waals surface area contributed by atoms with Crippen molar-refractivity contribution in [2.24, 2.45) is 0 Å². The SMILES string of the molecule is COc1ccc(NC(=O)O[C@@H]2CO[C@H]3[C@@H]2OC[C@@H]3NC(=O)N2CCOCC2)cc1. The number of methoxy groups -OCH3 is 1. The summed E-state index contributed by atoms with van der Waals surface area (Å²) in [5, 5.41) is 5.63. The van der Waals surface area contributed by atoms with Crippen LogP contribution in [0.3, 0.4) is 0 Å². The minimum atomic E-state index is -0.589. The molecule has 158 valence electrons. The van der Waals surface area contributed by atoms with Gasteiger partial charge in [0.2, 0.25) is 0 Å². The van der Waals surface area contributed by atoms with Crippen molar-refractivity contribution >= 4 is 17.8 Å². The number of anilines is 1. The molecule has 4 rings (SSSR count). The van der Waals surface area contributed by atoms with E-state index in [9.17, 15) is 9.59 Å². The maximum atomic E-state index is 12.4. The Labute approximate surface area is 168 Å². The number of fused-ring (bicyclic) bond motifs is 1. The van der Waals surface area contributed by atoms with E-state index in [4.69, 9.17) is 23.7 Å². The average Bonchev–Trinajstić information content (AvgIpc) is 3.32. The standard InChI is InChI=1S/C19H25N3O7/c1-25-13-4-2-12(3-5-13)20-19(24)29-15-11-28-16-14(10-27-17(15)16)21-18(23)22-6-8-26-9-7-22/h2-5,14-17H,6-11H2,1H3,(H,20,24)(H,21,23)/t14-,15+,16+,17+/m0/s1. The Hall–Kier alpha value is -2.56. The molecule has 0 aliphatic carbocycles. The van der Waals surface area contributed by atoms with E-state index in [-0.39, 0.29) is 24.8 Å². The molecule has 1 aromatic rings. The van der Waals surface area contributed by atoms with Crippen LogP contribution >= 0.6 is 0 Å². The first-order valence-corrected chi connectivity index (χ1v) is 9.62. The van der Waals surface area contributed by atoms with Crippen molar-refractivity contribution in [3.05, 3.63) is 24.3 Å². The lowest BCUT2D eigenvalue weighted by molar-refractivity contribution is 0.00852. The van der Waals surface area contributed by atoms with E-state index in [2.05, 4.69) is 10.6 Å². The summed E-state index contributed by atoms with van der Waals surface area (Å²) in [6, 6.07) is 6.48. The first kappa shape index (κ1) is 19.7. The molecule has 29 heavy (non-hydrogen) atoms. The van der Waals surface area contributed by atoms with Gasteiger partial charge in [-0.25, -0.2) is 9.59 Å². The Bertz CT molecular complexity index is 723. The molecule has 3 fully saturated rings. The Morgan fingerprint density at radius 3 is 2.52 bits per heavy atom. The fourth-order valence-corrected chi connectivity index (χ4v) is 3.66. The summed E-state index contributed by atoms with van der Waals surface area (Å²) in [6.45, 7) is 2.73. The number of ether oxygens (including phenoxy) is 5. The van der Waals surface area contributed by atoms with Crippen LogP contribution in [-0.4, -0.2) is 88.0 Å². The van der Waals surface area contributed by atoms with Gasteiger partial charge in [-0.2, -0.15) is 0 Å². The maximum absolute atomic E-state index is 12.4. The number of carbonyl (C=O) groups is 2. The van der Waals surface area contributed by atoms with Crippen molar-refractivity contribution in [1.82, 2.24) is 10.2 Å². The van der Waals surface area contributed by atoms with Crippen LogP contribution < -0.4 is 15.4 Å². The number of hydrogen-bond acceptors (Lipinski definition) is 7. The molecule has 0 saturated carbocycles. The second kappa shape index (κ2) is 8.85.